The summed E-state index contributed by atoms with van der Waals surface area (Å²) in [5.74, 6) is 0.0116. The van der Waals surface area contributed by atoms with Gasteiger partial charge in [-0.3, -0.25) is 4.84 Å². The Morgan fingerprint density at radius 1 is 1.39 bits per heavy atom. The van der Waals surface area contributed by atoms with Crippen LogP contribution in [0.15, 0.2) is 18.3 Å². The van der Waals surface area contributed by atoms with E-state index in [-0.39, 0.29) is 18.1 Å². The Morgan fingerprint density at radius 3 is 2.72 bits per heavy atom. The van der Waals surface area contributed by atoms with E-state index >= 15 is 0 Å². The maximum Gasteiger partial charge on any atom is 0.167 e. The smallest absolute Gasteiger partial charge is 0.167 e. The van der Waals surface area contributed by atoms with Gasteiger partial charge in [-0.15, -0.1) is 5.06 Å². The molecule has 0 saturated carbocycles. The van der Waals surface area contributed by atoms with E-state index in [1.807, 2.05) is 0 Å². The third-order valence-electron chi connectivity index (χ3n) is 3.01. The molecule has 0 radical (unpaired) electrons. The number of hydrogen-bond donors (Lipinski definition) is 1. The zero-order valence-electron chi connectivity index (χ0n) is 9.52. The van der Waals surface area contributed by atoms with Crippen LogP contribution in [0.5, 0.6) is 0 Å². The van der Waals surface area contributed by atoms with Crippen molar-refractivity contribution < 1.29 is 18.0 Å². The summed E-state index contributed by atoms with van der Waals surface area (Å²) in [5.41, 5.74) is 4.14. The van der Waals surface area contributed by atoms with Gasteiger partial charge in [0.1, 0.15) is 26.0 Å². The number of nitrogens with zero attached hydrogens (tertiary/aromatic N) is 3. The van der Waals surface area contributed by atoms with Crippen LogP contribution in [0, 0.1) is 0 Å². The summed E-state index contributed by atoms with van der Waals surface area (Å²) in [4.78, 5) is 9.77. The lowest BCUT2D eigenvalue weighted by atomic mass is 10.00. The van der Waals surface area contributed by atoms with Crippen molar-refractivity contribution >= 4 is 5.82 Å². The Labute approximate surface area is 102 Å². The molecule has 1 unspecified atom stereocenters. The van der Waals surface area contributed by atoms with E-state index in [0.29, 0.717) is 0 Å². The average molecular weight is 262 g/mol. The molecule has 5 nitrogen and oxygen atoms in total. The number of rotatable bonds is 4. The molecule has 0 spiro atoms. The van der Waals surface area contributed by atoms with Gasteiger partial charge in [-0.25, -0.2) is 23.1 Å². The molecule has 2 rings (SSSR count). The van der Waals surface area contributed by atoms with E-state index in [1.54, 1.807) is 0 Å². The molecule has 1 fully saturated rings. The lowest BCUT2D eigenvalue weighted by molar-refractivity contribution is -0.199. The number of nitrogen functional groups attached to an aromatic ring is 1. The van der Waals surface area contributed by atoms with Crippen LogP contribution in [0.4, 0.5) is 19.0 Å². The molecule has 100 valence electrons. The van der Waals surface area contributed by atoms with Crippen LogP contribution in [0.3, 0.4) is 0 Å². The van der Waals surface area contributed by atoms with Crippen LogP contribution in [-0.4, -0.2) is 41.9 Å². The first-order chi connectivity index (χ1) is 8.70. The van der Waals surface area contributed by atoms with Crippen LogP contribution in [0.1, 0.15) is 5.56 Å². The minimum Gasteiger partial charge on any atom is -0.383 e. The van der Waals surface area contributed by atoms with Crippen molar-refractivity contribution in [2.45, 2.75) is 5.66 Å². The molecular weight excluding hydrogens is 249 g/mol. The van der Waals surface area contributed by atoms with E-state index in [4.69, 9.17) is 10.6 Å². The number of halogens is 3. The Hall–Kier alpha value is -1.38. The highest BCUT2D eigenvalue weighted by Gasteiger charge is 2.52. The summed E-state index contributed by atoms with van der Waals surface area (Å²) >= 11 is 0. The fraction of sp³-hybridized carbons (Fsp3) is 0.500. The van der Waals surface area contributed by atoms with Gasteiger partial charge >= 0.3 is 0 Å². The normalized spacial score (nSPS) is 25.7. The van der Waals surface area contributed by atoms with Gasteiger partial charge in [0.05, 0.1) is 0 Å². The van der Waals surface area contributed by atoms with Crippen molar-refractivity contribution in [3.63, 3.8) is 0 Å². The molecule has 2 N–H and O–H groups in total. The number of nitrogens with two attached hydrogens (primary N) is 1. The van der Waals surface area contributed by atoms with Gasteiger partial charge in [0, 0.05) is 11.8 Å². The summed E-state index contributed by atoms with van der Waals surface area (Å²) in [6.45, 7) is -3.40. The molecule has 8 heteroatoms. The molecule has 18 heavy (non-hydrogen) atoms. The van der Waals surface area contributed by atoms with Gasteiger partial charge in [0.15, 0.2) is 12.5 Å². The molecule has 1 aliphatic rings. The predicted molar refractivity (Wildman–Crippen MR) is 57.9 cm³/mol. The zero-order chi connectivity index (χ0) is 13.2. The highest BCUT2D eigenvalue weighted by molar-refractivity contribution is 5.43. The van der Waals surface area contributed by atoms with E-state index in [9.17, 15) is 13.2 Å². The maximum absolute atomic E-state index is 13.5. The largest absolute Gasteiger partial charge is 0.383 e. The van der Waals surface area contributed by atoms with Gasteiger partial charge in [-0.2, -0.15) is 0 Å². The van der Waals surface area contributed by atoms with Crippen molar-refractivity contribution in [1.29, 1.82) is 0 Å². The molecular formula is C10H13F3N4O. The average Bonchev–Trinajstić information content (AvgIpc) is 2.77. The van der Waals surface area contributed by atoms with Crippen LogP contribution >= 0.6 is 0 Å². The molecule has 2 heterocycles. The minimum absolute atomic E-state index is 0.0116. The second-order valence-electron chi connectivity index (χ2n) is 3.80. The van der Waals surface area contributed by atoms with E-state index < -0.39 is 25.9 Å². The standard InChI is InChI=1S/C10H13F3N4O/c11-4-10(8-2-1-3-15-9(8)14)16(5-12)7-18-17(10)6-13/h1-3H,4-7H2,(H2,14,15). The highest BCUT2D eigenvalue weighted by Crippen LogP contribution is 2.40. The summed E-state index contributed by atoms with van der Waals surface area (Å²) < 4.78 is 39.4. The topological polar surface area (TPSA) is 54.6 Å². The Bertz CT molecular complexity index is 408. The summed E-state index contributed by atoms with van der Waals surface area (Å²) in [5, 5.41) is 0.736. The molecule has 0 amide bonds. The molecule has 0 bridgehead atoms. The van der Waals surface area contributed by atoms with Crippen LogP contribution < -0.4 is 5.73 Å². The van der Waals surface area contributed by atoms with Gasteiger partial charge < -0.3 is 5.73 Å². The Morgan fingerprint density at radius 2 is 2.17 bits per heavy atom. The predicted octanol–water partition coefficient (Wildman–Crippen LogP) is 1.15. The summed E-state index contributed by atoms with van der Waals surface area (Å²) in [6, 6.07) is 3.00. The molecule has 1 atom stereocenters. The first kappa shape index (κ1) is 13.1. The minimum atomic E-state index is -1.71. The third-order valence-corrected chi connectivity index (χ3v) is 3.01. The van der Waals surface area contributed by atoms with E-state index in [0.717, 1.165) is 9.96 Å². The first-order valence-corrected chi connectivity index (χ1v) is 5.25. The fourth-order valence-electron chi connectivity index (χ4n) is 2.06. The number of hydroxylamine groups is 2. The molecule has 1 aromatic rings. The second-order valence-corrected chi connectivity index (χ2v) is 3.80. The monoisotopic (exact) mass is 262 g/mol. The van der Waals surface area contributed by atoms with Gasteiger partial charge in [0.2, 0.25) is 0 Å². The van der Waals surface area contributed by atoms with Crippen molar-refractivity contribution in [1.82, 2.24) is 14.9 Å². The lowest BCUT2D eigenvalue weighted by Gasteiger charge is -2.37. The van der Waals surface area contributed by atoms with Crippen molar-refractivity contribution in [2.75, 3.05) is 32.7 Å². The zero-order valence-corrected chi connectivity index (χ0v) is 9.52. The fourth-order valence-corrected chi connectivity index (χ4v) is 2.06. The molecule has 0 aromatic carbocycles. The third kappa shape index (κ3) is 1.73. The van der Waals surface area contributed by atoms with E-state index in [1.165, 1.54) is 18.3 Å². The molecule has 1 saturated heterocycles. The van der Waals surface area contributed by atoms with Crippen LogP contribution in [-0.2, 0) is 10.5 Å². The van der Waals surface area contributed by atoms with Crippen molar-refractivity contribution in [3.8, 4) is 0 Å². The maximum atomic E-state index is 13.5. The highest BCUT2D eigenvalue weighted by atomic mass is 19.1. The number of aromatic nitrogens is 1. The van der Waals surface area contributed by atoms with E-state index in [2.05, 4.69) is 4.98 Å². The quantitative estimate of drug-likeness (QED) is 0.825. The molecule has 1 aliphatic heterocycles. The van der Waals surface area contributed by atoms with Gasteiger partial charge in [-0.05, 0) is 6.07 Å². The summed E-state index contributed by atoms with van der Waals surface area (Å²) in [7, 11) is 0. The number of alkyl halides is 3. The number of pyridine rings is 1. The molecule has 1 aromatic heterocycles. The lowest BCUT2D eigenvalue weighted by Crippen LogP contribution is -2.52. The van der Waals surface area contributed by atoms with Crippen molar-refractivity contribution in [2.24, 2.45) is 0 Å². The van der Waals surface area contributed by atoms with Crippen LogP contribution in [0.2, 0.25) is 0 Å². The Kier molecular flexibility index (Phi) is 3.69. The Balaban J connectivity index is 2.54. The SMILES string of the molecule is Nc1ncccc1C1(CF)N(CF)CON1CF. The number of hydrogen-bond acceptors (Lipinski definition) is 5. The second kappa shape index (κ2) is 5.09. The van der Waals surface area contributed by atoms with Gasteiger partial charge in [-0.1, -0.05) is 6.07 Å². The molecule has 0 aliphatic carbocycles. The van der Waals surface area contributed by atoms with Crippen molar-refractivity contribution in [3.05, 3.63) is 23.9 Å². The summed E-state index contributed by atoms with van der Waals surface area (Å²) in [6.07, 6.45) is 1.42. The number of anilines is 1. The van der Waals surface area contributed by atoms with Crippen LogP contribution in [0.25, 0.3) is 0 Å². The first-order valence-electron chi connectivity index (χ1n) is 5.25. The van der Waals surface area contributed by atoms with Gasteiger partial charge in [0.25, 0.3) is 0 Å².